The van der Waals surface area contributed by atoms with Crippen LogP contribution in [0.1, 0.15) is 64.7 Å². The molecule has 2 heterocycles. The SMILES string of the molecule is CCOC1CC2NCC(C#N)C(NC3CCC(OCC4NCCCC4OC)C(Cl)C3)C2CC1NC(=O)CCCN(C)C. The number of halogens is 1. The molecular formula is C31H55ClN6O4. The summed E-state index contributed by atoms with van der Waals surface area (Å²) in [5.41, 5.74) is 0. The van der Waals surface area contributed by atoms with E-state index in [1.54, 1.807) is 7.11 Å². The number of piperidine rings is 2. The van der Waals surface area contributed by atoms with Gasteiger partial charge in [-0.15, -0.1) is 11.6 Å². The normalized spacial score (nSPS) is 38.9. The van der Waals surface area contributed by atoms with Gasteiger partial charge in [-0.3, -0.25) is 4.79 Å². The summed E-state index contributed by atoms with van der Waals surface area (Å²) in [7, 11) is 5.83. The molecule has 2 aliphatic carbocycles. The van der Waals surface area contributed by atoms with Gasteiger partial charge < -0.3 is 40.4 Å². The summed E-state index contributed by atoms with van der Waals surface area (Å²) < 4.78 is 18.1. The summed E-state index contributed by atoms with van der Waals surface area (Å²) in [5.74, 6) is 0.161. The third-order valence-electron chi connectivity index (χ3n) is 9.83. The first-order chi connectivity index (χ1) is 20.3. The van der Waals surface area contributed by atoms with Crippen LogP contribution in [-0.2, 0) is 19.0 Å². The maximum atomic E-state index is 12.9. The number of fused-ring (bicyclic) bond motifs is 1. The van der Waals surface area contributed by atoms with E-state index in [1.807, 2.05) is 21.0 Å². The highest BCUT2D eigenvalue weighted by atomic mass is 35.5. The van der Waals surface area contributed by atoms with Gasteiger partial charge in [-0.25, -0.2) is 0 Å². The summed E-state index contributed by atoms with van der Waals surface area (Å²) >= 11 is 6.93. The Morgan fingerprint density at radius 2 is 1.93 bits per heavy atom. The molecule has 11 heteroatoms. The zero-order valence-electron chi connectivity index (χ0n) is 26.2. The smallest absolute Gasteiger partial charge is 0.220 e. The molecule has 2 saturated carbocycles. The van der Waals surface area contributed by atoms with Crippen molar-refractivity contribution in [2.75, 3.05) is 54.1 Å². The molecule has 4 N–H and O–H groups in total. The molecular weight excluding hydrogens is 556 g/mol. The predicted octanol–water partition coefficient (Wildman–Crippen LogP) is 2.01. The molecule has 0 bridgehead atoms. The third kappa shape index (κ3) is 9.24. The molecule has 240 valence electrons. The van der Waals surface area contributed by atoms with E-state index in [0.717, 1.165) is 64.5 Å². The summed E-state index contributed by atoms with van der Waals surface area (Å²) in [6.45, 7) is 5.78. The van der Waals surface area contributed by atoms with Crippen molar-refractivity contribution in [3.63, 3.8) is 0 Å². The highest BCUT2D eigenvalue weighted by Gasteiger charge is 2.47. The molecule has 0 radical (unpaired) electrons. The molecule has 42 heavy (non-hydrogen) atoms. The Hall–Kier alpha value is -1.03. The lowest BCUT2D eigenvalue weighted by Crippen LogP contribution is -2.66. The van der Waals surface area contributed by atoms with E-state index in [1.165, 1.54) is 0 Å². The fourth-order valence-electron chi connectivity index (χ4n) is 7.58. The van der Waals surface area contributed by atoms with E-state index in [2.05, 4.69) is 32.2 Å². The van der Waals surface area contributed by atoms with Crippen LogP contribution in [0.5, 0.6) is 0 Å². The molecule has 0 spiro atoms. The second-order valence-electron chi connectivity index (χ2n) is 13.0. The molecule has 4 fully saturated rings. The van der Waals surface area contributed by atoms with E-state index in [4.69, 9.17) is 25.8 Å². The predicted molar refractivity (Wildman–Crippen MR) is 165 cm³/mol. The molecule has 10 nitrogen and oxygen atoms in total. The molecule has 0 aromatic rings. The van der Waals surface area contributed by atoms with Crippen molar-refractivity contribution in [3.8, 4) is 6.07 Å². The first kappa shape index (κ1) is 33.9. The number of nitrogens with zero attached hydrogens (tertiary/aromatic N) is 2. The number of methoxy groups -OCH3 is 1. The number of nitriles is 1. The van der Waals surface area contributed by atoms with Gasteiger partial charge in [0.1, 0.15) is 0 Å². The van der Waals surface area contributed by atoms with Gasteiger partial charge in [0.15, 0.2) is 0 Å². The number of alkyl halides is 1. The molecule has 0 aromatic carbocycles. The van der Waals surface area contributed by atoms with E-state index in [9.17, 15) is 10.1 Å². The maximum Gasteiger partial charge on any atom is 0.220 e. The minimum Gasteiger partial charge on any atom is -0.380 e. The van der Waals surface area contributed by atoms with Crippen LogP contribution < -0.4 is 21.3 Å². The number of hydrogen-bond acceptors (Lipinski definition) is 9. The fourth-order valence-corrected chi connectivity index (χ4v) is 8.00. The van der Waals surface area contributed by atoms with Crippen LogP contribution in [0.3, 0.4) is 0 Å². The Kier molecular flexibility index (Phi) is 13.6. The lowest BCUT2D eigenvalue weighted by molar-refractivity contribution is -0.124. The van der Waals surface area contributed by atoms with Crippen LogP contribution in [0.2, 0.25) is 0 Å². The highest BCUT2D eigenvalue weighted by molar-refractivity contribution is 6.21. The van der Waals surface area contributed by atoms with Gasteiger partial charge in [0.05, 0.1) is 54.4 Å². The first-order valence-electron chi connectivity index (χ1n) is 16.3. The minimum atomic E-state index is -0.141. The van der Waals surface area contributed by atoms with Gasteiger partial charge in [-0.1, -0.05) is 0 Å². The summed E-state index contributed by atoms with van der Waals surface area (Å²) in [4.78, 5) is 15.0. The molecule has 2 saturated heterocycles. The van der Waals surface area contributed by atoms with Gasteiger partial charge in [0.25, 0.3) is 0 Å². The zero-order valence-corrected chi connectivity index (χ0v) is 26.9. The molecule has 0 aromatic heterocycles. The molecule has 1 amide bonds. The van der Waals surface area contributed by atoms with Crippen molar-refractivity contribution in [3.05, 3.63) is 0 Å². The summed E-state index contributed by atoms with van der Waals surface area (Å²) in [6, 6.07) is 3.23. The van der Waals surface area contributed by atoms with Gasteiger partial charge in [-0.05, 0) is 91.4 Å². The number of carbonyl (C=O) groups is 1. The Bertz CT molecular complexity index is 877. The zero-order chi connectivity index (χ0) is 30.1. The number of nitrogens with one attached hydrogen (secondary N) is 4. The van der Waals surface area contributed by atoms with Crippen LogP contribution in [0.4, 0.5) is 0 Å². The topological polar surface area (TPSA) is 120 Å². The molecule has 11 atom stereocenters. The summed E-state index contributed by atoms with van der Waals surface area (Å²) in [6.07, 6.45) is 7.98. The van der Waals surface area contributed by atoms with Gasteiger partial charge in [0.2, 0.25) is 5.91 Å². The van der Waals surface area contributed by atoms with E-state index < -0.39 is 0 Å². The van der Waals surface area contributed by atoms with Crippen LogP contribution in [0.15, 0.2) is 0 Å². The van der Waals surface area contributed by atoms with Crippen molar-refractivity contribution in [2.24, 2.45) is 11.8 Å². The lowest BCUT2D eigenvalue weighted by Gasteiger charge is -2.50. The number of rotatable bonds is 13. The molecule has 11 unspecified atom stereocenters. The van der Waals surface area contributed by atoms with Gasteiger partial charge in [-0.2, -0.15) is 5.26 Å². The number of hydrogen-bond donors (Lipinski definition) is 4. The second kappa shape index (κ2) is 16.9. The highest BCUT2D eigenvalue weighted by Crippen LogP contribution is 2.36. The number of amides is 1. The first-order valence-corrected chi connectivity index (χ1v) is 16.7. The number of carbonyl (C=O) groups excluding carboxylic acids is 1. The summed E-state index contributed by atoms with van der Waals surface area (Å²) in [5, 5.41) is 24.4. The Morgan fingerprint density at radius 1 is 1.10 bits per heavy atom. The molecule has 4 rings (SSSR count). The molecule has 2 aliphatic heterocycles. The maximum absolute atomic E-state index is 12.9. The van der Waals surface area contributed by atoms with Crippen molar-refractivity contribution in [2.45, 2.75) is 119 Å². The third-order valence-corrected chi connectivity index (χ3v) is 10.3. The van der Waals surface area contributed by atoms with Crippen LogP contribution in [-0.4, -0.2) is 119 Å². The van der Waals surface area contributed by atoms with Gasteiger partial charge >= 0.3 is 0 Å². The average Bonchev–Trinajstić information content (AvgIpc) is 2.97. The average molecular weight is 611 g/mol. The standard InChI is InChI=1S/C31H55ClN6O4/c1-5-41-29-16-24-22(15-25(29)37-30(39)9-7-13-38(2)3)31(20(17-33)18-35-24)36-21-10-11-27(23(32)14-21)42-19-26-28(40-4)8-6-12-34-26/h20-29,31,34-36H,5-16,18-19H2,1-4H3,(H,37,39). The van der Waals surface area contributed by atoms with Crippen molar-refractivity contribution < 1.29 is 19.0 Å². The van der Waals surface area contributed by atoms with Crippen molar-refractivity contribution in [1.29, 1.82) is 5.26 Å². The van der Waals surface area contributed by atoms with Crippen LogP contribution in [0, 0.1) is 23.2 Å². The fraction of sp³-hybridized carbons (Fsp3) is 0.935. The Balaban J connectivity index is 1.34. The Morgan fingerprint density at radius 3 is 2.64 bits per heavy atom. The monoisotopic (exact) mass is 610 g/mol. The quantitative estimate of drug-likeness (QED) is 0.232. The lowest BCUT2D eigenvalue weighted by atomic mass is 9.69. The Labute approximate surface area is 258 Å². The van der Waals surface area contributed by atoms with E-state index >= 15 is 0 Å². The van der Waals surface area contributed by atoms with Crippen LogP contribution in [0.25, 0.3) is 0 Å². The van der Waals surface area contributed by atoms with E-state index in [0.29, 0.717) is 26.2 Å². The van der Waals surface area contributed by atoms with Crippen molar-refractivity contribution >= 4 is 17.5 Å². The number of ether oxygens (including phenoxy) is 3. The largest absolute Gasteiger partial charge is 0.380 e. The van der Waals surface area contributed by atoms with Gasteiger partial charge in [0, 0.05) is 44.8 Å². The van der Waals surface area contributed by atoms with Crippen molar-refractivity contribution in [1.82, 2.24) is 26.2 Å². The van der Waals surface area contributed by atoms with E-state index in [-0.39, 0.29) is 71.6 Å². The minimum absolute atomic E-state index is 0.0206. The second-order valence-corrected chi connectivity index (χ2v) is 13.6. The van der Waals surface area contributed by atoms with Crippen LogP contribution >= 0.6 is 11.6 Å². The molecule has 4 aliphatic rings.